The fourth-order valence-electron chi connectivity index (χ4n) is 1.11. The van der Waals surface area contributed by atoms with E-state index in [4.69, 9.17) is 10.3 Å². The van der Waals surface area contributed by atoms with Crippen molar-refractivity contribution in [2.75, 3.05) is 17.3 Å². The molecule has 0 aliphatic carbocycles. The number of nitrogens with two attached hydrogens (primary N) is 1. The van der Waals surface area contributed by atoms with Gasteiger partial charge in [0.1, 0.15) is 4.90 Å². The smallest absolute Gasteiger partial charge is 0.296 e. The van der Waals surface area contributed by atoms with Gasteiger partial charge >= 0.3 is 0 Å². The Balaban J connectivity index is 3.21. The van der Waals surface area contributed by atoms with Gasteiger partial charge in [-0.1, -0.05) is 0 Å². The molecule has 0 radical (unpaired) electrons. The van der Waals surface area contributed by atoms with Gasteiger partial charge in [-0.05, 0) is 25.1 Å². The van der Waals surface area contributed by atoms with Gasteiger partial charge in [0.25, 0.3) is 10.1 Å². The van der Waals surface area contributed by atoms with Crippen molar-refractivity contribution < 1.29 is 18.2 Å². The summed E-state index contributed by atoms with van der Waals surface area (Å²) in [6.45, 7) is 2.05. The van der Waals surface area contributed by atoms with Gasteiger partial charge in [0, 0.05) is 6.54 Å². The predicted octanol–water partition coefficient (Wildman–Crippen LogP) is 0.731. The SMILES string of the molecule is CCN(O)c1ccc(S(=O)(=O)O)c(N)c1. The third-order valence-electron chi connectivity index (χ3n) is 1.87. The summed E-state index contributed by atoms with van der Waals surface area (Å²) in [6, 6.07) is 3.76. The zero-order valence-corrected chi connectivity index (χ0v) is 8.90. The molecule has 0 spiro atoms. The summed E-state index contributed by atoms with van der Waals surface area (Å²) in [7, 11) is -4.31. The topological polar surface area (TPSA) is 104 Å². The van der Waals surface area contributed by atoms with Crippen LogP contribution in [0, 0.1) is 0 Å². The lowest BCUT2D eigenvalue weighted by atomic mass is 10.3. The van der Waals surface area contributed by atoms with E-state index in [0.717, 1.165) is 11.1 Å². The quantitative estimate of drug-likeness (QED) is 0.403. The maximum absolute atomic E-state index is 10.8. The number of anilines is 2. The zero-order valence-electron chi connectivity index (χ0n) is 8.08. The molecular weight excluding hydrogens is 220 g/mol. The fraction of sp³-hybridized carbons (Fsp3) is 0.250. The van der Waals surface area contributed by atoms with Crippen molar-refractivity contribution in [2.24, 2.45) is 0 Å². The number of hydrogen-bond acceptors (Lipinski definition) is 5. The minimum atomic E-state index is -4.31. The Morgan fingerprint density at radius 2 is 2.07 bits per heavy atom. The normalized spacial score (nSPS) is 11.4. The molecule has 0 aliphatic heterocycles. The van der Waals surface area contributed by atoms with Crippen molar-refractivity contribution in [3.63, 3.8) is 0 Å². The first-order valence-corrected chi connectivity index (χ1v) is 5.63. The molecule has 15 heavy (non-hydrogen) atoms. The Bertz CT molecular complexity index is 458. The molecule has 0 saturated heterocycles. The van der Waals surface area contributed by atoms with E-state index in [-0.39, 0.29) is 10.6 Å². The molecule has 0 amide bonds. The van der Waals surface area contributed by atoms with Crippen LogP contribution in [0.15, 0.2) is 23.1 Å². The third-order valence-corrected chi connectivity index (χ3v) is 2.80. The van der Waals surface area contributed by atoms with Crippen LogP contribution in [0.3, 0.4) is 0 Å². The molecule has 84 valence electrons. The highest BCUT2D eigenvalue weighted by molar-refractivity contribution is 7.86. The zero-order chi connectivity index (χ0) is 11.6. The fourth-order valence-corrected chi connectivity index (χ4v) is 1.71. The Morgan fingerprint density at radius 1 is 1.47 bits per heavy atom. The predicted molar refractivity (Wildman–Crippen MR) is 55.5 cm³/mol. The second-order valence-corrected chi connectivity index (χ2v) is 4.30. The monoisotopic (exact) mass is 232 g/mol. The first-order chi connectivity index (χ1) is 6.86. The van der Waals surface area contributed by atoms with Gasteiger partial charge in [-0.25, -0.2) is 0 Å². The summed E-state index contributed by atoms with van der Waals surface area (Å²) in [6.07, 6.45) is 0. The second kappa shape index (κ2) is 4.05. The molecule has 4 N–H and O–H groups in total. The third kappa shape index (κ3) is 2.58. The molecule has 7 heteroatoms. The van der Waals surface area contributed by atoms with Crippen LogP contribution >= 0.6 is 0 Å². The molecule has 6 nitrogen and oxygen atoms in total. The molecule has 1 aromatic carbocycles. The lowest BCUT2D eigenvalue weighted by molar-refractivity contribution is 0.260. The van der Waals surface area contributed by atoms with Gasteiger partial charge in [0.15, 0.2) is 0 Å². The lowest BCUT2D eigenvalue weighted by Crippen LogP contribution is -2.17. The minimum absolute atomic E-state index is 0.109. The van der Waals surface area contributed by atoms with E-state index in [1.807, 2.05) is 0 Å². The van der Waals surface area contributed by atoms with E-state index in [9.17, 15) is 13.6 Å². The van der Waals surface area contributed by atoms with Gasteiger partial charge in [0.2, 0.25) is 0 Å². The van der Waals surface area contributed by atoms with Crippen molar-refractivity contribution in [1.29, 1.82) is 0 Å². The summed E-state index contributed by atoms with van der Waals surface area (Å²) in [5.41, 5.74) is 5.68. The molecule has 1 aromatic rings. The summed E-state index contributed by atoms with van der Waals surface area (Å²) >= 11 is 0. The molecule has 0 atom stereocenters. The van der Waals surface area contributed by atoms with E-state index in [1.54, 1.807) is 6.92 Å². The Labute approximate surface area is 87.6 Å². The van der Waals surface area contributed by atoms with Gasteiger partial charge < -0.3 is 5.73 Å². The maximum atomic E-state index is 10.8. The van der Waals surface area contributed by atoms with Crippen LogP contribution < -0.4 is 10.8 Å². The molecule has 1 rings (SSSR count). The van der Waals surface area contributed by atoms with Gasteiger partial charge in [-0.2, -0.15) is 8.42 Å². The Kier molecular flexibility index (Phi) is 3.18. The average Bonchev–Trinajstić information content (AvgIpc) is 2.14. The van der Waals surface area contributed by atoms with Crippen molar-refractivity contribution in [3.8, 4) is 0 Å². The van der Waals surface area contributed by atoms with Crippen molar-refractivity contribution in [2.45, 2.75) is 11.8 Å². The van der Waals surface area contributed by atoms with Crippen molar-refractivity contribution in [3.05, 3.63) is 18.2 Å². The van der Waals surface area contributed by atoms with Gasteiger partial charge in [0.05, 0.1) is 11.4 Å². The van der Waals surface area contributed by atoms with E-state index >= 15 is 0 Å². The molecule has 0 bridgehead atoms. The maximum Gasteiger partial charge on any atom is 0.296 e. The van der Waals surface area contributed by atoms with Crippen LogP contribution in [0.2, 0.25) is 0 Å². The van der Waals surface area contributed by atoms with E-state index < -0.39 is 10.1 Å². The lowest BCUT2D eigenvalue weighted by Gasteiger charge is -2.15. The summed E-state index contributed by atoms with van der Waals surface area (Å²) in [5, 5.41) is 10.2. The van der Waals surface area contributed by atoms with E-state index in [0.29, 0.717) is 12.2 Å². The number of hydrogen-bond donors (Lipinski definition) is 3. The standard InChI is InChI=1S/C8H12N2O4S/c1-2-10(11)6-3-4-8(7(9)5-6)15(12,13)14/h3-5,11H,2,9H2,1H3,(H,12,13,14). The molecule has 0 aromatic heterocycles. The molecular formula is C8H12N2O4S. The number of nitrogen functional groups attached to an aromatic ring is 1. The number of rotatable bonds is 3. The highest BCUT2D eigenvalue weighted by Crippen LogP contribution is 2.23. The summed E-state index contributed by atoms with van der Waals surface area (Å²) in [4.78, 5) is -0.365. The molecule has 0 aliphatic rings. The van der Waals surface area contributed by atoms with Crippen LogP contribution in [0.25, 0.3) is 0 Å². The number of hydroxylamine groups is 1. The van der Waals surface area contributed by atoms with Crippen LogP contribution in [0.1, 0.15) is 6.92 Å². The van der Waals surface area contributed by atoms with Crippen LogP contribution in [-0.2, 0) is 10.1 Å². The van der Waals surface area contributed by atoms with Crippen LogP contribution in [-0.4, -0.2) is 24.7 Å². The highest BCUT2D eigenvalue weighted by Gasteiger charge is 2.14. The molecule has 0 saturated carbocycles. The average molecular weight is 232 g/mol. The summed E-state index contributed by atoms with van der Waals surface area (Å²) in [5.74, 6) is 0. The largest absolute Gasteiger partial charge is 0.398 e. The van der Waals surface area contributed by atoms with Crippen molar-refractivity contribution in [1.82, 2.24) is 0 Å². The Morgan fingerprint density at radius 3 is 2.47 bits per heavy atom. The number of nitrogens with zero attached hydrogens (tertiary/aromatic N) is 1. The Hall–Kier alpha value is -1.31. The van der Waals surface area contributed by atoms with Gasteiger partial charge in [-0.3, -0.25) is 14.8 Å². The van der Waals surface area contributed by atoms with E-state index in [2.05, 4.69) is 0 Å². The first kappa shape index (κ1) is 11.8. The molecule has 0 heterocycles. The molecule has 0 unspecified atom stereocenters. The van der Waals surface area contributed by atoms with Crippen LogP contribution in [0.5, 0.6) is 0 Å². The minimum Gasteiger partial charge on any atom is -0.398 e. The van der Waals surface area contributed by atoms with Crippen molar-refractivity contribution >= 4 is 21.5 Å². The van der Waals surface area contributed by atoms with E-state index in [1.165, 1.54) is 12.1 Å². The highest BCUT2D eigenvalue weighted by atomic mass is 32.2. The number of benzene rings is 1. The molecule has 0 fully saturated rings. The summed E-state index contributed by atoms with van der Waals surface area (Å²) < 4.78 is 30.4. The van der Waals surface area contributed by atoms with Crippen LogP contribution in [0.4, 0.5) is 11.4 Å². The first-order valence-electron chi connectivity index (χ1n) is 4.19. The second-order valence-electron chi connectivity index (χ2n) is 2.91. The van der Waals surface area contributed by atoms with Gasteiger partial charge in [-0.15, -0.1) is 0 Å².